The van der Waals surface area contributed by atoms with Crippen molar-refractivity contribution < 1.29 is 13.2 Å². The van der Waals surface area contributed by atoms with Crippen molar-refractivity contribution in [3.8, 4) is 11.5 Å². The van der Waals surface area contributed by atoms with E-state index in [4.69, 9.17) is 27.8 Å². The van der Waals surface area contributed by atoms with Crippen molar-refractivity contribution in [3.05, 3.63) is 76.6 Å². The number of rotatable bonds is 5. The largest absolute Gasteiger partial charge is 0.439 e. The number of hydrogen-bond acceptors (Lipinski definition) is 3. The summed E-state index contributed by atoms with van der Waals surface area (Å²) in [6.07, 6.45) is 1.77. The first-order chi connectivity index (χ1) is 11.5. The van der Waals surface area contributed by atoms with E-state index in [2.05, 4.69) is 9.82 Å². The van der Waals surface area contributed by atoms with Gasteiger partial charge in [0.1, 0.15) is 17.4 Å². The van der Waals surface area contributed by atoms with Gasteiger partial charge in [-0.1, -0.05) is 11.6 Å². The van der Waals surface area contributed by atoms with Crippen LogP contribution in [-0.2, 0) is 6.42 Å². The third-order valence-electron chi connectivity index (χ3n) is 3.45. The molecule has 0 aliphatic carbocycles. The molecule has 0 aliphatic heterocycles. The molecule has 0 aliphatic rings. The lowest BCUT2D eigenvalue weighted by atomic mass is 10.0. The summed E-state index contributed by atoms with van der Waals surface area (Å²) >= 11 is 11.6. The molecule has 2 aromatic carbocycles. The summed E-state index contributed by atoms with van der Waals surface area (Å²) < 4.78 is 32.3. The average Bonchev–Trinajstić information content (AvgIpc) is 3.02. The minimum absolute atomic E-state index is 0.243. The zero-order chi connectivity index (χ0) is 17.1. The number of aromatic nitrogens is 1. The lowest BCUT2D eigenvalue weighted by molar-refractivity contribution is 0.456. The second-order valence-electron chi connectivity index (χ2n) is 5.22. The van der Waals surface area contributed by atoms with Gasteiger partial charge >= 0.3 is 0 Å². The molecule has 0 amide bonds. The average molecular weight is 369 g/mol. The minimum Gasteiger partial charge on any atom is -0.439 e. The van der Waals surface area contributed by atoms with Crippen molar-refractivity contribution in [1.29, 1.82) is 0 Å². The van der Waals surface area contributed by atoms with E-state index in [0.717, 1.165) is 11.6 Å². The van der Waals surface area contributed by atoms with Gasteiger partial charge in [0.2, 0.25) is 5.89 Å². The summed E-state index contributed by atoms with van der Waals surface area (Å²) in [5.41, 5.74) is 1.21. The Kier molecular flexibility index (Phi) is 5.14. The Bertz CT molecular complexity index is 817. The van der Waals surface area contributed by atoms with E-state index in [9.17, 15) is 8.78 Å². The van der Waals surface area contributed by atoms with Crippen LogP contribution in [0.1, 0.15) is 17.4 Å². The van der Waals surface area contributed by atoms with Crippen LogP contribution < -0.4 is 4.84 Å². The highest BCUT2D eigenvalue weighted by Crippen LogP contribution is 2.26. The van der Waals surface area contributed by atoms with Gasteiger partial charge in [-0.25, -0.2) is 18.6 Å². The summed E-state index contributed by atoms with van der Waals surface area (Å²) in [6, 6.07) is 9.86. The number of nitrogens with one attached hydrogen (secondary N) is 1. The summed E-state index contributed by atoms with van der Waals surface area (Å²) in [5.74, 6) is -0.417. The van der Waals surface area contributed by atoms with E-state index in [0.29, 0.717) is 22.2 Å². The van der Waals surface area contributed by atoms with Crippen molar-refractivity contribution >= 4 is 23.4 Å². The van der Waals surface area contributed by atoms with Crippen LogP contribution in [0.5, 0.6) is 0 Å². The van der Waals surface area contributed by atoms with Gasteiger partial charge in [0, 0.05) is 16.7 Å². The highest BCUT2D eigenvalue weighted by Gasteiger charge is 2.18. The van der Waals surface area contributed by atoms with Gasteiger partial charge in [-0.05, 0) is 60.2 Å². The molecule has 1 N–H and O–H groups in total. The highest BCUT2D eigenvalue weighted by molar-refractivity contribution is 6.30. The maximum atomic E-state index is 13.3. The topological polar surface area (TPSA) is 38.1 Å². The molecule has 24 heavy (non-hydrogen) atoms. The third kappa shape index (κ3) is 3.93. The first-order valence-corrected chi connectivity index (χ1v) is 7.83. The van der Waals surface area contributed by atoms with Gasteiger partial charge in [0.25, 0.3) is 0 Å². The van der Waals surface area contributed by atoms with Crippen molar-refractivity contribution in [2.45, 2.75) is 12.5 Å². The summed E-state index contributed by atoms with van der Waals surface area (Å²) in [6.45, 7) is 0. The molecule has 0 radical (unpaired) electrons. The van der Waals surface area contributed by atoms with Crippen LogP contribution in [0.15, 0.2) is 53.1 Å². The molecule has 3 rings (SSSR count). The highest BCUT2D eigenvalue weighted by atomic mass is 35.5. The van der Waals surface area contributed by atoms with E-state index >= 15 is 0 Å². The van der Waals surface area contributed by atoms with E-state index in [1.165, 1.54) is 18.3 Å². The standard InChI is InChI=1S/C17H12Cl2F2N2O/c18-12-3-1-11(2-4-12)17-22-9-16(24-17)15(23-19)7-10-5-13(20)8-14(21)6-10/h1-6,8-9,15,23H,7H2. The second-order valence-corrected chi connectivity index (χ2v) is 5.87. The van der Waals surface area contributed by atoms with Crippen LogP contribution >= 0.6 is 23.4 Å². The Morgan fingerprint density at radius 1 is 1.08 bits per heavy atom. The number of nitrogens with zero attached hydrogens (tertiary/aromatic N) is 1. The quantitative estimate of drug-likeness (QED) is 0.620. The fourth-order valence-corrected chi connectivity index (χ4v) is 2.64. The molecule has 0 fully saturated rings. The van der Waals surface area contributed by atoms with Crippen molar-refractivity contribution in [3.63, 3.8) is 0 Å². The zero-order valence-corrected chi connectivity index (χ0v) is 13.8. The van der Waals surface area contributed by atoms with Crippen molar-refractivity contribution in [2.24, 2.45) is 0 Å². The third-order valence-corrected chi connectivity index (χ3v) is 3.97. The fourth-order valence-electron chi connectivity index (χ4n) is 2.33. The smallest absolute Gasteiger partial charge is 0.226 e. The van der Waals surface area contributed by atoms with Crippen LogP contribution in [0.2, 0.25) is 5.02 Å². The number of hydrogen-bond donors (Lipinski definition) is 1. The Morgan fingerprint density at radius 3 is 2.38 bits per heavy atom. The second kappa shape index (κ2) is 7.30. The monoisotopic (exact) mass is 368 g/mol. The normalized spacial score (nSPS) is 12.3. The molecule has 0 saturated carbocycles. The Morgan fingerprint density at radius 2 is 1.75 bits per heavy atom. The fraction of sp³-hybridized carbons (Fsp3) is 0.118. The van der Waals surface area contributed by atoms with Gasteiger partial charge in [-0.2, -0.15) is 0 Å². The number of benzene rings is 2. The SMILES string of the molecule is Fc1cc(F)cc(CC(NCl)c2cnc(-c3ccc(Cl)cc3)o2)c1. The lowest BCUT2D eigenvalue weighted by Gasteiger charge is -2.11. The van der Waals surface area contributed by atoms with Gasteiger partial charge in [-0.15, -0.1) is 0 Å². The zero-order valence-electron chi connectivity index (χ0n) is 12.3. The molecule has 1 heterocycles. The maximum Gasteiger partial charge on any atom is 0.226 e. The Balaban J connectivity index is 1.82. The molecular weight excluding hydrogens is 357 g/mol. The summed E-state index contributed by atoms with van der Waals surface area (Å²) in [5, 5.41) is 0.610. The molecule has 0 saturated heterocycles. The number of oxazole rings is 1. The van der Waals surface area contributed by atoms with E-state index in [1.54, 1.807) is 24.3 Å². The Hall–Kier alpha value is -1.95. The first-order valence-electron chi connectivity index (χ1n) is 7.08. The first kappa shape index (κ1) is 16.9. The van der Waals surface area contributed by atoms with Crippen LogP contribution in [0.4, 0.5) is 8.78 Å². The molecule has 1 unspecified atom stereocenters. The minimum atomic E-state index is -0.641. The van der Waals surface area contributed by atoms with Crippen LogP contribution in [0.3, 0.4) is 0 Å². The van der Waals surface area contributed by atoms with Crippen molar-refractivity contribution in [2.75, 3.05) is 0 Å². The van der Waals surface area contributed by atoms with Crippen LogP contribution in [0.25, 0.3) is 11.5 Å². The van der Waals surface area contributed by atoms with Crippen molar-refractivity contribution in [1.82, 2.24) is 9.82 Å². The van der Waals surface area contributed by atoms with Gasteiger partial charge < -0.3 is 4.42 Å². The lowest BCUT2D eigenvalue weighted by Crippen LogP contribution is -2.14. The van der Waals surface area contributed by atoms with E-state index in [-0.39, 0.29) is 6.42 Å². The molecule has 0 spiro atoms. The van der Waals surface area contributed by atoms with Crippen LogP contribution in [0, 0.1) is 11.6 Å². The van der Waals surface area contributed by atoms with Gasteiger partial charge in [-0.3, -0.25) is 0 Å². The molecule has 3 nitrogen and oxygen atoms in total. The molecule has 1 atom stereocenters. The molecule has 1 aromatic heterocycles. The van der Waals surface area contributed by atoms with Gasteiger partial charge in [0.05, 0.1) is 12.2 Å². The number of halogens is 4. The maximum absolute atomic E-state index is 13.3. The predicted molar refractivity (Wildman–Crippen MR) is 88.7 cm³/mol. The summed E-state index contributed by atoms with van der Waals surface area (Å²) in [7, 11) is 0. The Labute approximate surface area is 147 Å². The summed E-state index contributed by atoms with van der Waals surface area (Å²) in [4.78, 5) is 6.76. The molecule has 7 heteroatoms. The van der Waals surface area contributed by atoms with E-state index in [1.807, 2.05) is 0 Å². The van der Waals surface area contributed by atoms with Gasteiger partial charge in [0.15, 0.2) is 0 Å². The van der Waals surface area contributed by atoms with Crippen LogP contribution in [-0.4, -0.2) is 4.98 Å². The molecule has 0 bridgehead atoms. The molecular formula is C17H12Cl2F2N2O. The van der Waals surface area contributed by atoms with E-state index < -0.39 is 17.7 Å². The molecule has 124 valence electrons. The molecule has 3 aromatic rings. The predicted octanol–water partition coefficient (Wildman–Crippen LogP) is 5.30.